The zero-order chi connectivity index (χ0) is 12.5. The molecule has 1 aromatic carbocycles. The first kappa shape index (κ1) is 13.3. The highest BCUT2D eigenvalue weighted by Gasteiger charge is 2.31. The van der Waals surface area contributed by atoms with Crippen molar-refractivity contribution in [1.82, 2.24) is 0 Å². The average Bonchev–Trinajstić information content (AvgIpc) is 2.24. The number of nitrogens with two attached hydrogens (primary N) is 2. The van der Waals surface area contributed by atoms with Crippen molar-refractivity contribution >= 4 is 21.6 Å². The van der Waals surface area contributed by atoms with E-state index in [0.29, 0.717) is 10.0 Å². The standard InChI is InChI=1S/C11H17BrN2O2/c1-11(2,5-15)10(14)8-6(12)3-4-7(13)9(8)16/h3-4,10,15-16H,5,13-14H2,1-2H3/t10-/m1/s1. The quantitative estimate of drug-likeness (QED) is 0.504. The molecular formula is C11H17BrN2O2. The average molecular weight is 289 g/mol. The van der Waals surface area contributed by atoms with E-state index in [4.69, 9.17) is 11.5 Å². The fourth-order valence-electron chi connectivity index (χ4n) is 1.39. The largest absolute Gasteiger partial charge is 0.505 e. The molecular weight excluding hydrogens is 272 g/mol. The summed E-state index contributed by atoms with van der Waals surface area (Å²) in [6, 6.07) is 2.83. The van der Waals surface area contributed by atoms with Crippen LogP contribution in [0.15, 0.2) is 16.6 Å². The molecule has 0 spiro atoms. The third-order valence-corrected chi connectivity index (χ3v) is 3.45. The van der Waals surface area contributed by atoms with Gasteiger partial charge < -0.3 is 21.7 Å². The number of rotatable bonds is 3. The maximum atomic E-state index is 9.89. The molecule has 0 aromatic heterocycles. The highest BCUT2D eigenvalue weighted by molar-refractivity contribution is 9.10. The molecule has 0 amide bonds. The molecule has 0 aliphatic heterocycles. The van der Waals surface area contributed by atoms with E-state index in [0.717, 1.165) is 0 Å². The molecule has 1 rings (SSSR count). The number of phenols is 1. The fraction of sp³-hybridized carbons (Fsp3) is 0.455. The van der Waals surface area contributed by atoms with Crippen LogP contribution >= 0.6 is 15.9 Å². The minimum absolute atomic E-state index is 0.0246. The molecule has 0 aliphatic rings. The second kappa shape index (κ2) is 4.61. The van der Waals surface area contributed by atoms with Crippen molar-refractivity contribution in [3.63, 3.8) is 0 Å². The summed E-state index contributed by atoms with van der Waals surface area (Å²) in [6.07, 6.45) is 0. The normalized spacial score (nSPS) is 13.8. The van der Waals surface area contributed by atoms with Crippen molar-refractivity contribution in [3.05, 3.63) is 22.2 Å². The molecule has 0 aliphatic carbocycles. The monoisotopic (exact) mass is 288 g/mol. The first-order valence-electron chi connectivity index (χ1n) is 4.94. The Morgan fingerprint density at radius 2 is 2.00 bits per heavy atom. The van der Waals surface area contributed by atoms with Gasteiger partial charge in [-0.05, 0) is 12.1 Å². The summed E-state index contributed by atoms with van der Waals surface area (Å²) in [7, 11) is 0. The molecule has 0 heterocycles. The summed E-state index contributed by atoms with van der Waals surface area (Å²) >= 11 is 3.33. The van der Waals surface area contributed by atoms with E-state index in [1.165, 1.54) is 0 Å². The molecule has 1 aromatic rings. The maximum absolute atomic E-state index is 9.89. The molecule has 16 heavy (non-hydrogen) atoms. The fourth-order valence-corrected chi connectivity index (χ4v) is 1.95. The molecule has 0 saturated carbocycles. The lowest BCUT2D eigenvalue weighted by molar-refractivity contribution is 0.131. The zero-order valence-electron chi connectivity index (χ0n) is 9.37. The number of aliphatic hydroxyl groups excluding tert-OH is 1. The molecule has 0 bridgehead atoms. The van der Waals surface area contributed by atoms with Crippen LogP contribution < -0.4 is 11.5 Å². The number of hydrogen-bond acceptors (Lipinski definition) is 4. The summed E-state index contributed by atoms with van der Waals surface area (Å²) in [5.41, 5.74) is 11.9. The van der Waals surface area contributed by atoms with Gasteiger partial charge in [-0.25, -0.2) is 0 Å². The van der Waals surface area contributed by atoms with E-state index in [1.807, 2.05) is 13.8 Å². The SMILES string of the molecule is CC(C)(CO)[C@H](N)c1c(Br)ccc(N)c1O. The molecule has 0 unspecified atom stereocenters. The van der Waals surface area contributed by atoms with Crippen molar-refractivity contribution in [2.75, 3.05) is 12.3 Å². The van der Waals surface area contributed by atoms with Crippen LogP contribution in [0.2, 0.25) is 0 Å². The van der Waals surface area contributed by atoms with Crippen molar-refractivity contribution in [2.24, 2.45) is 11.1 Å². The Hall–Kier alpha value is -0.780. The van der Waals surface area contributed by atoms with Gasteiger partial charge >= 0.3 is 0 Å². The molecule has 6 N–H and O–H groups in total. The van der Waals surface area contributed by atoms with E-state index < -0.39 is 11.5 Å². The van der Waals surface area contributed by atoms with E-state index in [9.17, 15) is 10.2 Å². The van der Waals surface area contributed by atoms with Crippen LogP contribution in [0.25, 0.3) is 0 Å². The Labute approximate surface area is 103 Å². The number of halogens is 1. The first-order valence-corrected chi connectivity index (χ1v) is 5.74. The zero-order valence-corrected chi connectivity index (χ0v) is 11.0. The molecule has 1 atom stereocenters. The lowest BCUT2D eigenvalue weighted by Crippen LogP contribution is -2.32. The second-order valence-electron chi connectivity index (χ2n) is 4.52. The summed E-state index contributed by atoms with van der Waals surface area (Å²) in [5, 5.41) is 19.2. The van der Waals surface area contributed by atoms with Crippen LogP contribution in [0.5, 0.6) is 5.75 Å². The number of aromatic hydroxyl groups is 1. The predicted octanol–water partition coefficient (Wildman–Crippen LogP) is 1.76. The summed E-state index contributed by atoms with van der Waals surface area (Å²) < 4.78 is 0.688. The number of anilines is 1. The lowest BCUT2D eigenvalue weighted by Gasteiger charge is -2.31. The van der Waals surface area contributed by atoms with E-state index >= 15 is 0 Å². The van der Waals surface area contributed by atoms with Crippen LogP contribution in [-0.4, -0.2) is 16.8 Å². The second-order valence-corrected chi connectivity index (χ2v) is 5.38. The Bertz CT molecular complexity index is 394. The van der Waals surface area contributed by atoms with E-state index in [1.54, 1.807) is 12.1 Å². The van der Waals surface area contributed by atoms with Gasteiger partial charge in [-0.2, -0.15) is 0 Å². The van der Waals surface area contributed by atoms with Crippen molar-refractivity contribution in [3.8, 4) is 5.75 Å². The minimum atomic E-state index is -0.534. The Morgan fingerprint density at radius 3 is 2.50 bits per heavy atom. The van der Waals surface area contributed by atoms with Crippen LogP contribution in [-0.2, 0) is 0 Å². The molecule has 90 valence electrons. The maximum Gasteiger partial charge on any atom is 0.144 e. The van der Waals surface area contributed by atoms with Crippen molar-refractivity contribution in [2.45, 2.75) is 19.9 Å². The minimum Gasteiger partial charge on any atom is -0.505 e. The molecule has 0 fully saturated rings. The van der Waals surface area contributed by atoms with E-state index in [2.05, 4.69) is 15.9 Å². The van der Waals surface area contributed by atoms with Crippen LogP contribution in [0.1, 0.15) is 25.5 Å². The highest BCUT2D eigenvalue weighted by Crippen LogP contribution is 2.41. The Kier molecular flexibility index (Phi) is 3.83. The van der Waals surface area contributed by atoms with Gasteiger partial charge in [-0.1, -0.05) is 29.8 Å². The van der Waals surface area contributed by atoms with Gasteiger partial charge in [-0.15, -0.1) is 0 Å². The van der Waals surface area contributed by atoms with Crippen molar-refractivity contribution in [1.29, 1.82) is 0 Å². The number of hydrogen-bond donors (Lipinski definition) is 4. The van der Waals surface area contributed by atoms with Gasteiger partial charge in [0.1, 0.15) is 5.75 Å². The molecule has 0 radical (unpaired) electrons. The third kappa shape index (κ3) is 2.31. The Balaban J connectivity index is 3.28. The first-order chi connectivity index (χ1) is 7.31. The third-order valence-electron chi connectivity index (χ3n) is 2.76. The summed E-state index contributed by atoms with van der Waals surface area (Å²) in [4.78, 5) is 0. The molecule has 0 saturated heterocycles. The smallest absolute Gasteiger partial charge is 0.144 e. The molecule has 5 heteroatoms. The predicted molar refractivity (Wildman–Crippen MR) is 68.0 cm³/mol. The summed E-state index contributed by atoms with van der Waals surface area (Å²) in [5.74, 6) is -0.0246. The van der Waals surface area contributed by atoms with Gasteiger partial charge in [0.05, 0.1) is 5.69 Å². The van der Waals surface area contributed by atoms with Gasteiger partial charge in [0.2, 0.25) is 0 Å². The van der Waals surface area contributed by atoms with Gasteiger partial charge in [-0.3, -0.25) is 0 Å². The van der Waals surface area contributed by atoms with Crippen molar-refractivity contribution < 1.29 is 10.2 Å². The van der Waals surface area contributed by atoms with Crippen LogP contribution in [0.3, 0.4) is 0 Å². The number of phenolic OH excluding ortho intramolecular Hbond substituents is 1. The van der Waals surface area contributed by atoms with Gasteiger partial charge in [0, 0.05) is 28.1 Å². The lowest BCUT2D eigenvalue weighted by atomic mass is 9.81. The Morgan fingerprint density at radius 1 is 1.44 bits per heavy atom. The summed E-state index contributed by atoms with van der Waals surface area (Å²) in [6.45, 7) is 3.58. The van der Waals surface area contributed by atoms with Crippen LogP contribution in [0, 0.1) is 5.41 Å². The molecule has 4 nitrogen and oxygen atoms in total. The van der Waals surface area contributed by atoms with E-state index in [-0.39, 0.29) is 18.0 Å². The van der Waals surface area contributed by atoms with Gasteiger partial charge in [0.25, 0.3) is 0 Å². The highest BCUT2D eigenvalue weighted by atomic mass is 79.9. The number of benzene rings is 1. The number of aliphatic hydroxyl groups is 1. The van der Waals surface area contributed by atoms with Crippen LogP contribution in [0.4, 0.5) is 5.69 Å². The topological polar surface area (TPSA) is 92.5 Å². The van der Waals surface area contributed by atoms with Gasteiger partial charge in [0.15, 0.2) is 0 Å². The number of nitrogen functional groups attached to an aromatic ring is 1.